The minimum absolute atomic E-state index is 0.0248. The summed E-state index contributed by atoms with van der Waals surface area (Å²) in [6.45, 7) is 0. The third-order valence-electron chi connectivity index (χ3n) is 5.46. The number of anilines is 1. The third-order valence-corrected chi connectivity index (χ3v) is 5.46. The zero-order chi connectivity index (χ0) is 22.0. The smallest absolute Gasteiger partial charge is 0.267 e. The van der Waals surface area contributed by atoms with Crippen molar-refractivity contribution in [2.24, 2.45) is 0 Å². The Morgan fingerprint density at radius 2 is 1.74 bits per heavy atom. The molecule has 8 heteroatoms. The summed E-state index contributed by atoms with van der Waals surface area (Å²) < 4.78 is 59.3. The Balaban J connectivity index is 1.59. The van der Waals surface area contributed by atoms with Gasteiger partial charge in [-0.25, -0.2) is 13.2 Å². The lowest BCUT2D eigenvalue weighted by atomic mass is 9.91. The van der Waals surface area contributed by atoms with E-state index >= 15 is 0 Å². The molecule has 31 heavy (non-hydrogen) atoms. The van der Waals surface area contributed by atoms with Gasteiger partial charge in [0.05, 0.1) is 25.8 Å². The number of nitrogens with one attached hydrogen (secondary N) is 1. The Labute approximate surface area is 178 Å². The van der Waals surface area contributed by atoms with Gasteiger partial charge in [0.2, 0.25) is 0 Å². The summed E-state index contributed by atoms with van der Waals surface area (Å²) in [5, 5.41) is 3.39. The second-order valence-corrected chi connectivity index (χ2v) is 7.48. The number of hydrogen-bond acceptors (Lipinski definition) is 5. The van der Waals surface area contributed by atoms with Crippen LogP contribution in [0.2, 0.25) is 0 Å². The molecule has 0 saturated heterocycles. The van der Waals surface area contributed by atoms with Gasteiger partial charge >= 0.3 is 0 Å². The molecule has 4 rings (SSSR count). The molecule has 1 aliphatic carbocycles. The van der Waals surface area contributed by atoms with E-state index in [1.54, 1.807) is 24.4 Å². The summed E-state index contributed by atoms with van der Waals surface area (Å²) in [6, 6.07) is 8.15. The van der Waals surface area contributed by atoms with E-state index in [9.17, 15) is 13.2 Å². The van der Waals surface area contributed by atoms with Crippen molar-refractivity contribution in [3.8, 4) is 23.0 Å². The van der Waals surface area contributed by atoms with Crippen molar-refractivity contribution in [1.82, 2.24) is 4.98 Å². The number of nitrogens with zero attached hydrogens (tertiary/aromatic N) is 1. The number of benzene rings is 2. The first-order valence-electron chi connectivity index (χ1n) is 10.0. The van der Waals surface area contributed by atoms with E-state index < -0.39 is 17.8 Å². The molecule has 1 aliphatic rings. The normalized spacial score (nSPS) is 17.9. The number of methoxy groups -OCH3 is 2. The molecule has 0 radical (unpaired) electrons. The van der Waals surface area contributed by atoms with Gasteiger partial charge in [-0.2, -0.15) is 0 Å². The predicted molar refractivity (Wildman–Crippen MR) is 112 cm³/mol. The van der Waals surface area contributed by atoms with Gasteiger partial charge < -0.3 is 19.5 Å². The molecule has 1 unspecified atom stereocenters. The maximum Gasteiger partial charge on any atom is 0.267 e. The second kappa shape index (κ2) is 8.53. The van der Waals surface area contributed by atoms with Crippen LogP contribution in [-0.2, 0) is 0 Å². The maximum absolute atomic E-state index is 14.7. The van der Waals surface area contributed by atoms with Gasteiger partial charge in [0.1, 0.15) is 5.75 Å². The standard InChI is InChI=1S/C23H23F3N2O3/c1-29-20-12-15-17(13-21(20)30-2)27-10-8-18(15)31-19-7-6-14(11-16(19)24)28-22-5-3-4-9-23(22,25)26/h6-8,10-13,22,28H,3-5,9H2,1-2H3. The minimum atomic E-state index is -2.81. The lowest BCUT2D eigenvalue weighted by Crippen LogP contribution is -2.42. The van der Waals surface area contributed by atoms with Crippen LogP contribution in [0, 0.1) is 5.82 Å². The van der Waals surface area contributed by atoms with Crippen LogP contribution in [0.15, 0.2) is 42.6 Å². The highest BCUT2D eigenvalue weighted by Crippen LogP contribution is 2.38. The van der Waals surface area contributed by atoms with Crippen molar-refractivity contribution >= 4 is 16.6 Å². The molecule has 0 aliphatic heterocycles. The van der Waals surface area contributed by atoms with Gasteiger partial charge in [-0.15, -0.1) is 0 Å². The highest BCUT2D eigenvalue weighted by atomic mass is 19.3. The molecule has 164 valence electrons. The first-order valence-corrected chi connectivity index (χ1v) is 10.0. The number of ether oxygens (including phenoxy) is 3. The zero-order valence-electron chi connectivity index (χ0n) is 17.3. The molecule has 0 bridgehead atoms. The number of rotatable bonds is 6. The molecule has 0 spiro atoms. The number of alkyl halides is 2. The molecule has 0 amide bonds. The van der Waals surface area contributed by atoms with E-state index in [-0.39, 0.29) is 12.2 Å². The van der Waals surface area contributed by atoms with E-state index in [4.69, 9.17) is 14.2 Å². The molecular weight excluding hydrogens is 409 g/mol. The van der Waals surface area contributed by atoms with Crippen LogP contribution in [-0.4, -0.2) is 31.2 Å². The number of pyridine rings is 1. The summed E-state index contributed by atoms with van der Waals surface area (Å²) in [6.07, 6.45) is 2.96. The highest BCUT2D eigenvalue weighted by molar-refractivity contribution is 5.88. The molecule has 1 fully saturated rings. The van der Waals surface area contributed by atoms with Crippen molar-refractivity contribution in [2.75, 3.05) is 19.5 Å². The van der Waals surface area contributed by atoms with Crippen molar-refractivity contribution in [2.45, 2.75) is 37.6 Å². The van der Waals surface area contributed by atoms with Crippen LogP contribution in [0.5, 0.6) is 23.0 Å². The fraction of sp³-hybridized carbons (Fsp3) is 0.348. The predicted octanol–water partition coefficient (Wildman–Crippen LogP) is 6.17. The number of halogens is 3. The molecule has 5 nitrogen and oxygen atoms in total. The Hall–Kier alpha value is -3.16. The quantitative estimate of drug-likeness (QED) is 0.505. The zero-order valence-corrected chi connectivity index (χ0v) is 17.3. The summed E-state index contributed by atoms with van der Waals surface area (Å²) in [7, 11) is 3.04. The van der Waals surface area contributed by atoms with Crippen LogP contribution < -0.4 is 19.5 Å². The fourth-order valence-corrected chi connectivity index (χ4v) is 3.80. The van der Waals surface area contributed by atoms with E-state index in [1.165, 1.54) is 32.4 Å². The first kappa shape index (κ1) is 21.1. The SMILES string of the molecule is COc1cc2nccc(Oc3ccc(NC4CCCCC4(F)F)cc3F)c2cc1OC. The van der Waals surface area contributed by atoms with Gasteiger partial charge in [-0.05, 0) is 37.1 Å². The van der Waals surface area contributed by atoms with Gasteiger partial charge in [0.15, 0.2) is 23.1 Å². The summed E-state index contributed by atoms with van der Waals surface area (Å²) in [4.78, 5) is 4.29. The Bertz CT molecular complexity index is 1090. The fourth-order valence-electron chi connectivity index (χ4n) is 3.80. The Morgan fingerprint density at radius 1 is 0.968 bits per heavy atom. The monoisotopic (exact) mass is 432 g/mol. The van der Waals surface area contributed by atoms with Crippen molar-refractivity contribution < 1.29 is 27.4 Å². The van der Waals surface area contributed by atoms with Crippen molar-refractivity contribution in [3.05, 3.63) is 48.4 Å². The lowest BCUT2D eigenvalue weighted by molar-refractivity contribution is -0.0448. The molecule has 1 atom stereocenters. The summed E-state index contributed by atoms with van der Waals surface area (Å²) in [5.41, 5.74) is 0.885. The van der Waals surface area contributed by atoms with E-state index in [0.29, 0.717) is 46.7 Å². The van der Waals surface area contributed by atoms with Gasteiger partial charge in [0.25, 0.3) is 5.92 Å². The van der Waals surface area contributed by atoms with Gasteiger partial charge in [-0.1, -0.05) is 6.42 Å². The van der Waals surface area contributed by atoms with Gasteiger partial charge in [-0.3, -0.25) is 4.98 Å². The first-order chi connectivity index (χ1) is 14.9. The van der Waals surface area contributed by atoms with Crippen LogP contribution in [0.25, 0.3) is 10.9 Å². The average Bonchev–Trinajstić information content (AvgIpc) is 2.76. The van der Waals surface area contributed by atoms with E-state index in [0.717, 1.165) is 6.42 Å². The largest absolute Gasteiger partial charge is 0.493 e. The Morgan fingerprint density at radius 3 is 2.45 bits per heavy atom. The van der Waals surface area contributed by atoms with Gasteiger partial charge in [0, 0.05) is 35.8 Å². The molecule has 1 N–H and O–H groups in total. The Kier molecular flexibility index (Phi) is 5.80. The maximum atomic E-state index is 14.7. The number of aromatic nitrogens is 1. The second-order valence-electron chi connectivity index (χ2n) is 7.48. The van der Waals surface area contributed by atoms with Crippen LogP contribution in [0.3, 0.4) is 0 Å². The molecule has 1 saturated carbocycles. The number of hydrogen-bond donors (Lipinski definition) is 1. The van der Waals surface area contributed by atoms with Crippen LogP contribution >= 0.6 is 0 Å². The van der Waals surface area contributed by atoms with Crippen molar-refractivity contribution in [3.63, 3.8) is 0 Å². The minimum Gasteiger partial charge on any atom is -0.493 e. The van der Waals surface area contributed by atoms with Crippen LogP contribution in [0.1, 0.15) is 25.7 Å². The lowest BCUT2D eigenvalue weighted by Gasteiger charge is -2.32. The summed E-state index contributed by atoms with van der Waals surface area (Å²) in [5.74, 6) is -2.11. The van der Waals surface area contributed by atoms with E-state index in [2.05, 4.69) is 10.3 Å². The average molecular weight is 432 g/mol. The van der Waals surface area contributed by atoms with Crippen molar-refractivity contribution in [1.29, 1.82) is 0 Å². The van der Waals surface area contributed by atoms with E-state index in [1.807, 2.05) is 0 Å². The molecule has 2 aromatic carbocycles. The van der Waals surface area contributed by atoms with Crippen LogP contribution in [0.4, 0.5) is 18.9 Å². The number of fused-ring (bicyclic) bond motifs is 1. The molecular formula is C23H23F3N2O3. The molecule has 1 heterocycles. The highest BCUT2D eigenvalue weighted by Gasteiger charge is 2.41. The summed E-state index contributed by atoms with van der Waals surface area (Å²) >= 11 is 0. The molecule has 3 aromatic rings. The molecule has 1 aromatic heterocycles. The topological polar surface area (TPSA) is 52.6 Å². The third kappa shape index (κ3) is 4.33.